The first kappa shape index (κ1) is 8.53. The number of piperazine rings is 1. The summed E-state index contributed by atoms with van der Waals surface area (Å²) < 4.78 is 0. The van der Waals surface area contributed by atoms with Crippen LogP contribution in [0.15, 0.2) is 4.99 Å². The Hall–Kier alpha value is -0.570. The Bertz CT molecular complexity index is 145. The molecule has 0 atom stereocenters. The van der Waals surface area contributed by atoms with E-state index in [1.165, 1.54) is 0 Å². The van der Waals surface area contributed by atoms with E-state index in [9.17, 15) is 0 Å². The zero-order valence-corrected chi connectivity index (χ0v) is 7.67. The molecular weight excluding hydrogens is 138 g/mol. The Morgan fingerprint density at radius 1 is 1.18 bits per heavy atom. The molecule has 0 unspecified atom stereocenters. The molecule has 1 aliphatic heterocycles. The van der Waals surface area contributed by atoms with E-state index in [0.717, 1.165) is 32.0 Å². The van der Waals surface area contributed by atoms with Gasteiger partial charge in [0.1, 0.15) is 0 Å². The molecule has 0 N–H and O–H groups in total. The van der Waals surface area contributed by atoms with Crippen molar-refractivity contribution in [3.8, 4) is 0 Å². The van der Waals surface area contributed by atoms with Crippen LogP contribution in [0.3, 0.4) is 0 Å². The molecule has 1 fully saturated rings. The summed E-state index contributed by atoms with van der Waals surface area (Å²) in [6.45, 7) is 6.64. The molecule has 0 bridgehead atoms. The fourth-order valence-corrected chi connectivity index (χ4v) is 1.27. The van der Waals surface area contributed by atoms with Crippen LogP contribution in [-0.2, 0) is 0 Å². The second kappa shape index (κ2) is 3.72. The number of amidine groups is 1. The topological polar surface area (TPSA) is 18.8 Å². The molecule has 0 aromatic rings. The van der Waals surface area contributed by atoms with Gasteiger partial charge in [0.2, 0.25) is 0 Å². The van der Waals surface area contributed by atoms with Crippen LogP contribution in [0.4, 0.5) is 0 Å². The number of likely N-dealkylation sites (N-methyl/N-ethyl adjacent to an activating group) is 1. The number of hydrogen-bond acceptors (Lipinski definition) is 2. The molecule has 0 amide bonds. The zero-order chi connectivity index (χ0) is 8.27. The van der Waals surface area contributed by atoms with Gasteiger partial charge >= 0.3 is 0 Å². The van der Waals surface area contributed by atoms with Gasteiger partial charge < -0.3 is 9.80 Å². The summed E-state index contributed by atoms with van der Waals surface area (Å²) in [5.41, 5.74) is 0. The van der Waals surface area contributed by atoms with Crippen LogP contribution >= 0.6 is 0 Å². The second-order valence-corrected chi connectivity index (χ2v) is 3.06. The fraction of sp³-hybridized carbons (Fsp3) is 0.875. The molecule has 0 aromatic heterocycles. The summed E-state index contributed by atoms with van der Waals surface area (Å²) in [4.78, 5) is 8.84. The lowest BCUT2D eigenvalue weighted by Gasteiger charge is -2.33. The van der Waals surface area contributed by atoms with Crippen LogP contribution in [0.1, 0.15) is 6.92 Å². The maximum Gasteiger partial charge on any atom is 0.0954 e. The first-order valence-corrected chi connectivity index (χ1v) is 4.11. The standard InChI is InChI=1S/C8H17N3/c1-8(9-2)11-6-4-10(3)5-7-11/h4-7H2,1-3H3. The second-order valence-electron chi connectivity index (χ2n) is 3.06. The van der Waals surface area contributed by atoms with Crippen molar-refractivity contribution in [3.63, 3.8) is 0 Å². The van der Waals surface area contributed by atoms with Crippen LogP contribution in [-0.4, -0.2) is 55.9 Å². The average molecular weight is 155 g/mol. The largest absolute Gasteiger partial charge is 0.358 e. The molecule has 1 saturated heterocycles. The molecule has 11 heavy (non-hydrogen) atoms. The van der Waals surface area contributed by atoms with E-state index in [4.69, 9.17) is 0 Å². The fourth-order valence-electron chi connectivity index (χ4n) is 1.27. The van der Waals surface area contributed by atoms with Crippen LogP contribution < -0.4 is 0 Å². The Labute approximate surface area is 68.7 Å². The van der Waals surface area contributed by atoms with Gasteiger partial charge in [-0.15, -0.1) is 0 Å². The van der Waals surface area contributed by atoms with Gasteiger partial charge in [0.15, 0.2) is 0 Å². The highest BCUT2D eigenvalue weighted by molar-refractivity contribution is 5.79. The molecule has 64 valence electrons. The van der Waals surface area contributed by atoms with E-state index in [1.54, 1.807) is 0 Å². The zero-order valence-electron chi connectivity index (χ0n) is 7.67. The van der Waals surface area contributed by atoms with Crippen molar-refractivity contribution < 1.29 is 0 Å². The first-order chi connectivity index (χ1) is 5.24. The SMILES string of the molecule is CN=C(C)N1CCN(C)CC1. The van der Waals surface area contributed by atoms with E-state index in [2.05, 4.69) is 28.8 Å². The molecule has 1 aliphatic rings. The van der Waals surface area contributed by atoms with E-state index in [1.807, 2.05) is 7.05 Å². The third kappa shape index (κ3) is 2.19. The van der Waals surface area contributed by atoms with Gasteiger partial charge in [-0.25, -0.2) is 0 Å². The molecule has 1 rings (SSSR count). The maximum atomic E-state index is 4.16. The maximum absolute atomic E-state index is 4.16. The predicted octanol–water partition coefficient (Wildman–Crippen LogP) is 0.282. The van der Waals surface area contributed by atoms with Crippen LogP contribution in [0.2, 0.25) is 0 Å². The summed E-state index contributed by atoms with van der Waals surface area (Å²) >= 11 is 0. The van der Waals surface area contributed by atoms with Crippen molar-refractivity contribution in [2.75, 3.05) is 40.3 Å². The molecule has 3 heteroatoms. The van der Waals surface area contributed by atoms with Crippen molar-refractivity contribution in [1.82, 2.24) is 9.80 Å². The number of nitrogens with zero attached hydrogens (tertiary/aromatic N) is 3. The Morgan fingerprint density at radius 3 is 2.18 bits per heavy atom. The first-order valence-electron chi connectivity index (χ1n) is 4.11. The van der Waals surface area contributed by atoms with Crippen molar-refractivity contribution in [1.29, 1.82) is 0 Å². The lowest BCUT2D eigenvalue weighted by molar-refractivity contribution is 0.214. The summed E-state index contributed by atoms with van der Waals surface area (Å²) in [7, 11) is 4.02. The van der Waals surface area contributed by atoms with Gasteiger partial charge in [-0.2, -0.15) is 0 Å². The minimum atomic E-state index is 1.12. The molecule has 0 saturated carbocycles. The van der Waals surface area contributed by atoms with Crippen LogP contribution in [0.25, 0.3) is 0 Å². The van der Waals surface area contributed by atoms with Gasteiger partial charge in [0.25, 0.3) is 0 Å². The number of hydrogen-bond donors (Lipinski definition) is 0. The van der Waals surface area contributed by atoms with Gasteiger partial charge in [0.05, 0.1) is 5.84 Å². The van der Waals surface area contributed by atoms with Crippen molar-refractivity contribution in [2.45, 2.75) is 6.92 Å². The van der Waals surface area contributed by atoms with Gasteiger partial charge in [-0.05, 0) is 14.0 Å². The number of aliphatic imine (C=N–C) groups is 1. The van der Waals surface area contributed by atoms with E-state index in [0.29, 0.717) is 0 Å². The van der Waals surface area contributed by atoms with Gasteiger partial charge in [-0.3, -0.25) is 4.99 Å². The van der Waals surface area contributed by atoms with Crippen LogP contribution in [0.5, 0.6) is 0 Å². The Balaban J connectivity index is 2.39. The highest BCUT2D eigenvalue weighted by atomic mass is 15.3. The minimum absolute atomic E-state index is 1.12. The minimum Gasteiger partial charge on any atom is -0.358 e. The van der Waals surface area contributed by atoms with Gasteiger partial charge in [0, 0.05) is 33.2 Å². The highest BCUT2D eigenvalue weighted by Gasteiger charge is 2.13. The Kier molecular flexibility index (Phi) is 2.88. The quantitative estimate of drug-likeness (QED) is 0.370. The molecule has 0 spiro atoms. The molecule has 3 nitrogen and oxygen atoms in total. The molecule has 0 radical (unpaired) electrons. The van der Waals surface area contributed by atoms with Gasteiger partial charge in [-0.1, -0.05) is 0 Å². The lowest BCUT2D eigenvalue weighted by Crippen LogP contribution is -2.46. The molecule has 1 heterocycles. The monoisotopic (exact) mass is 155 g/mol. The van der Waals surface area contributed by atoms with Crippen LogP contribution in [0, 0.1) is 0 Å². The normalized spacial score (nSPS) is 22.5. The smallest absolute Gasteiger partial charge is 0.0954 e. The van der Waals surface area contributed by atoms with Crippen molar-refractivity contribution in [2.24, 2.45) is 4.99 Å². The molecule has 0 aromatic carbocycles. The summed E-state index contributed by atoms with van der Waals surface area (Å²) in [6.07, 6.45) is 0. The predicted molar refractivity (Wildman–Crippen MR) is 48.1 cm³/mol. The molecule has 0 aliphatic carbocycles. The van der Waals surface area contributed by atoms with Crippen molar-refractivity contribution in [3.05, 3.63) is 0 Å². The third-order valence-corrected chi connectivity index (χ3v) is 2.28. The van der Waals surface area contributed by atoms with E-state index < -0.39 is 0 Å². The highest BCUT2D eigenvalue weighted by Crippen LogP contribution is 1.99. The molecular formula is C8H17N3. The van der Waals surface area contributed by atoms with E-state index >= 15 is 0 Å². The summed E-state index contributed by atoms with van der Waals surface area (Å²) in [5.74, 6) is 1.16. The van der Waals surface area contributed by atoms with E-state index in [-0.39, 0.29) is 0 Å². The number of rotatable bonds is 0. The summed E-state index contributed by atoms with van der Waals surface area (Å²) in [5, 5.41) is 0. The van der Waals surface area contributed by atoms with Crippen molar-refractivity contribution >= 4 is 5.84 Å². The average Bonchev–Trinajstić information content (AvgIpc) is 2.05. The Morgan fingerprint density at radius 2 is 1.73 bits per heavy atom. The summed E-state index contributed by atoms with van der Waals surface area (Å²) in [6, 6.07) is 0. The third-order valence-electron chi connectivity index (χ3n) is 2.28. The lowest BCUT2D eigenvalue weighted by atomic mass is 10.3.